The van der Waals surface area contributed by atoms with E-state index in [0.29, 0.717) is 32.7 Å². The molecule has 1 heterocycles. The predicted octanol–water partition coefficient (Wildman–Crippen LogP) is 5.18. The molecular formula is C27H35NO6. The van der Waals surface area contributed by atoms with Gasteiger partial charge < -0.3 is 29.4 Å². The number of rotatable bonds is 9. The minimum Gasteiger partial charge on any atom is -0.496 e. The average molecular weight is 470 g/mol. The third kappa shape index (κ3) is 5.15. The molecule has 0 bridgehead atoms. The monoisotopic (exact) mass is 469 g/mol. The zero-order chi connectivity index (χ0) is 24.1. The molecule has 1 aliphatic heterocycles. The molecule has 4 rings (SSSR count). The second-order valence-electron chi connectivity index (χ2n) is 9.22. The fourth-order valence-electron chi connectivity index (χ4n) is 4.97. The van der Waals surface area contributed by atoms with Crippen LogP contribution in [0.4, 0.5) is 5.69 Å². The van der Waals surface area contributed by atoms with Crippen molar-refractivity contribution in [2.24, 2.45) is 0 Å². The van der Waals surface area contributed by atoms with Crippen LogP contribution in [0.1, 0.15) is 49.7 Å². The number of methoxy groups -OCH3 is 2. The summed E-state index contributed by atoms with van der Waals surface area (Å²) in [5, 5.41) is 13.3. The summed E-state index contributed by atoms with van der Waals surface area (Å²) in [6.07, 6.45) is 5.69. The smallest absolute Gasteiger partial charge is 0.329 e. The standard InChI is InChI=1S/C27H35NO6/c1-18-24(31-2)15-19(16-25(18)32-3)23-9-8-21(14-20(23)17-34-22-6-4-5-7-22)28-27(26(29)30)10-12-33-13-11-27/h8-9,14-16,22,28H,4-7,10-13,17H2,1-3H3,(H,29,30). The number of carbonyl (C=O) groups is 1. The number of benzene rings is 2. The second kappa shape index (κ2) is 10.7. The van der Waals surface area contributed by atoms with Crippen LogP contribution in [-0.4, -0.2) is 50.2 Å². The summed E-state index contributed by atoms with van der Waals surface area (Å²) < 4.78 is 22.9. The average Bonchev–Trinajstić information content (AvgIpc) is 3.37. The molecule has 184 valence electrons. The molecule has 2 fully saturated rings. The third-order valence-electron chi connectivity index (χ3n) is 7.08. The number of nitrogens with one attached hydrogen (secondary N) is 1. The molecule has 7 heteroatoms. The molecule has 1 aliphatic carbocycles. The minimum atomic E-state index is -1.03. The molecule has 1 saturated carbocycles. The van der Waals surface area contributed by atoms with Crippen molar-refractivity contribution in [3.8, 4) is 22.6 Å². The van der Waals surface area contributed by atoms with Gasteiger partial charge in [0.2, 0.25) is 0 Å². The summed E-state index contributed by atoms with van der Waals surface area (Å²) in [6, 6.07) is 10.00. The van der Waals surface area contributed by atoms with Gasteiger partial charge in [0.25, 0.3) is 0 Å². The van der Waals surface area contributed by atoms with Crippen LogP contribution in [0.5, 0.6) is 11.5 Å². The topological polar surface area (TPSA) is 86.3 Å². The van der Waals surface area contributed by atoms with Crippen molar-refractivity contribution in [2.45, 2.75) is 63.7 Å². The fraction of sp³-hybridized carbons (Fsp3) is 0.519. The van der Waals surface area contributed by atoms with Crippen molar-refractivity contribution in [1.82, 2.24) is 0 Å². The van der Waals surface area contributed by atoms with Gasteiger partial charge >= 0.3 is 5.97 Å². The highest BCUT2D eigenvalue weighted by Crippen LogP contribution is 2.38. The molecule has 2 aromatic rings. The van der Waals surface area contributed by atoms with Gasteiger partial charge in [0.1, 0.15) is 17.0 Å². The Bertz CT molecular complexity index is 983. The van der Waals surface area contributed by atoms with Gasteiger partial charge in [0.15, 0.2) is 0 Å². The van der Waals surface area contributed by atoms with Crippen LogP contribution in [-0.2, 0) is 20.9 Å². The number of carboxylic acids is 1. The zero-order valence-corrected chi connectivity index (χ0v) is 20.3. The van der Waals surface area contributed by atoms with Crippen LogP contribution in [0.15, 0.2) is 30.3 Å². The highest BCUT2D eigenvalue weighted by atomic mass is 16.5. The number of hydrogen-bond donors (Lipinski definition) is 2. The number of aliphatic carboxylic acids is 1. The summed E-state index contributed by atoms with van der Waals surface area (Å²) in [6.45, 7) is 3.28. The second-order valence-corrected chi connectivity index (χ2v) is 9.22. The predicted molar refractivity (Wildman–Crippen MR) is 131 cm³/mol. The van der Waals surface area contributed by atoms with E-state index in [1.165, 1.54) is 12.8 Å². The van der Waals surface area contributed by atoms with Gasteiger partial charge in [0.05, 0.1) is 26.9 Å². The lowest BCUT2D eigenvalue weighted by molar-refractivity contribution is -0.145. The van der Waals surface area contributed by atoms with Crippen LogP contribution in [0.2, 0.25) is 0 Å². The summed E-state index contributed by atoms with van der Waals surface area (Å²) in [7, 11) is 3.31. The maximum Gasteiger partial charge on any atom is 0.329 e. The number of carboxylic acid groups (broad SMARTS) is 1. The Morgan fingerprint density at radius 1 is 1.09 bits per heavy atom. The molecule has 0 amide bonds. The van der Waals surface area contributed by atoms with Crippen molar-refractivity contribution < 1.29 is 28.8 Å². The molecule has 0 radical (unpaired) electrons. The summed E-state index contributed by atoms with van der Waals surface area (Å²) >= 11 is 0. The van der Waals surface area contributed by atoms with Gasteiger partial charge in [-0.25, -0.2) is 4.79 Å². The van der Waals surface area contributed by atoms with Crippen molar-refractivity contribution in [1.29, 1.82) is 0 Å². The molecule has 2 aromatic carbocycles. The maximum atomic E-state index is 12.2. The van der Waals surface area contributed by atoms with Gasteiger partial charge in [-0.1, -0.05) is 18.9 Å². The third-order valence-corrected chi connectivity index (χ3v) is 7.08. The van der Waals surface area contributed by atoms with Crippen molar-refractivity contribution in [2.75, 3.05) is 32.8 Å². The zero-order valence-electron chi connectivity index (χ0n) is 20.3. The molecule has 0 spiro atoms. The molecule has 34 heavy (non-hydrogen) atoms. The van der Waals surface area contributed by atoms with Gasteiger partial charge in [-0.2, -0.15) is 0 Å². The molecule has 2 N–H and O–H groups in total. The molecule has 1 saturated heterocycles. The van der Waals surface area contributed by atoms with Crippen molar-refractivity contribution in [3.05, 3.63) is 41.5 Å². The summed E-state index contributed by atoms with van der Waals surface area (Å²) in [5.74, 6) is 0.661. The van der Waals surface area contributed by atoms with Crippen LogP contribution in [0.25, 0.3) is 11.1 Å². The van der Waals surface area contributed by atoms with E-state index < -0.39 is 11.5 Å². The van der Waals surface area contributed by atoms with Gasteiger partial charge in [-0.05, 0) is 60.7 Å². The Kier molecular flexibility index (Phi) is 7.63. The van der Waals surface area contributed by atoms with E-state index in [0.717, 1.165) is 52.3 Å². The van der Waals surface area contributed by atoms with E-state index in [-0.39, 0.29) is 6.10 Å². The molecule has 0 atom stereocenters. The molecule has 2 aliphatic rings. The van der Waals surface area contributed by atoms with Crippen LogP contribution in [0, 0.1) is 6.92 Å². The van der Waals surface area contributed by atoms with Crippen LogP contribution >= 0.6 is 0 Å². The number of ether oxygens (including phenoxy) is 4. The molecular weight excluding hydrogens is 434 g/mol. The largest absolute Gasteiger partial charge is 0.496 e. The quantitative estimate of drug-likeness (QED) is 0.523. The van der Waals surface area contributed by atoms with Crippen LogP contribution in [0.3, 0.4) is 0 Å². The first-order valence-electron chi connectivity index (χ1n) is 12.0. The highest BCUT2D eigenvalue weighted by molar-refractivity contribution is 5.83. The van der Waals surface area contributed by atoms with Gasteiger partial charge in [-0.3, -0.25) is 0 Å². The van der Waals surface area contributed by atoms with E-state index in [1.54, 1.807) is 14.2 Å². The van der Waals surface area contributed by atoms with E-state index in [4.69, 9.17) is 18.9 Å². The SMILES string of the molecule is COc1cc(-c2ccc(NC3(C(=O)O)CCOCC3)cc2COC2CCCC2)cc(OC)c1C. The first-order chi connectivity index (χ1) is 16.5. The minimum absolute atomic E-state index is 0.271. The Balaban J connectivity index is 1.70. The lowest BCUT2D eigenvalue weighted by atomic mass is 9.89. The first-order valence-corrected chi connectivity index (χ1v) is 12.0. The number of anilines is 1. The Hall–Kier alpha value is -2.77. The van der Waals surface area contributed by atoms with Crippen LogP contribution < -0.4 is 14.8 Å². The summed E-state index contributed by atoms with van der Waals surface area (Å²) in [5.41, 5.74) is 3.66. The van der Waals surface area contributed by atoms with Crippen molar-refractivity contribution in [3.63, 3.8) is 0 Å². The lowest BCUT2D eigenvalue weighted by Gasteiger charge is -2.35. The van der Waals surface area contributed by atoms with Gasteiger partial charge in [-0.15, -0.1) is 0 Å². The normalized spacial score (nSPS) is 18.0. The number of hydrogen-bond acceptors (Lipinski definition) is 6. The fourth-order valence-corrected chi connectivity index (χ4v) is 4.97. The van der Waals surface area contributed by atoms with Gasteiger partial charge in [0, 0.05) is 37.3 Å². The highest BCUT2D eigenvalue weighted by Gasteiger charge is 2.40. The van der Waals surface area contributed by atoms with E-state index in [2.05, 4.69) is 5.32 Å². The maximum absolute atomic E-state index is 12.2. The Morgan fingerprint density at radius 2 is 1.74 bits per heavy atom. The molecule has 7 nitrogen and oxygen atoms in total. The lowest BCUT2D eigenvalue weighted by Crippen LogP contribution is -2.50. The Morgan fingerprint density at radius 3 is 2.32 bits per heavy atom. The van der Waals surface area contributed by atoms with E-state index >= 15 is 0 Å². The van der Waals surface area contributed by atoms with E-state index in [1.807, 2.05) is 37.3 Å². The first kappa shape index (κ1) is 24.4. The summed E-state index contributed by atoms with van der Waals surface area (Å²) in [4.78, 5) is 12.2. The Labute approximate surface area is 201 Å². The van der Waals surface area contributed by atoms with Crippen molar-refractivity contribution >= 4 is 11.7 Å². The molecule has 0 unspecified atom stereocenters. The van der Waals surface area contributed by atoms with E-state index in [9.17, 15) is 9.90 Å². The molecule has 0 aromatic heterocycles.